The molecule has 0 saturated carbocycles. The summed E-state index contributed by atoms with van der Waals surface area (Å²) in [5.74, 6) is 0.922. The zero-order valence-corrected chi connectivity index (χ0v) is 17.1. The van der Waals surface area contributed by atoms with Crippen molar-refractivity contribution >= 4 is 40.4 Å². The van der Waals surface area contributed by atoms with Gasteiger partial charge >= 0.3 is 0 Å². The van der Waals surface area contributed by atoms with Gasteiger partial charge in [-0.15, -0.1) is 16.4 Å². The van der Waals surface area contributed by atoms with Crippen molar-refractivity contribution < 1.29 is 9.53 Å². The second kappa shape index (κ2) is 9.71. The molecule has 1 aromatic carbocycles. The number of amides is 1. The molecule has 1 aliphatic rings. The van der Waals surface area contributed by atoms with E-state index in [4.69, 9.17) is 4.74 Å². The Labute approximate surface area is 168 Å². The van der Waals surface area contributed by atoms with Gasteiger partial charge in [-0.05, 0) is 35.6 Å². The Hall–Kier alpha value is -2.12. The first-order chi connectivity index (χ1) is 13.2. The summed E-state index contributed by atoms with van der Waals surface area (Å²) >= 11 is 3.13. The lowest BCUT2D eigenvalue weighted by Gasteiger charge is -2.16. The second-order valence-electron chi connectivity index (χ2n) is 6.16. The van der Waals surface area contributed by atoms with Gasteiger partial charge in [0.05, 0.1) is 25.1 Å². The van der Waals surface area contributed by atoms with Gasteiger partial charge in [0.2, 0.25) is 5.91 Å². The molecule has 0 N–H and O–H groups in total. The Kier molecular flexibility index (Phi) is 7.06. The van der Waals surface area contributed by atoms with Crippen LogP contribution < -0.4 is 4.74 Å². The Morgan fingerprint density at radius 1 is 1.26 bits per heavy atom. The van der Waals surface area contributed by atoms with Crippen LogP contribution in [0.5, 0.6) is 5.75 Å². The molecule has 1 saturated heterocycles. The zero-order chi connectivity index (χ0) is 19.1. The maximum Gasteiger partial charge on any atom is 0.242 e. The smallest absolute Gasteiger partial charge is 0.242 e. The van der Waals surface area contributed by atoms with Crippen LogP contribution in [0.15, 0.2) is 52.0 Å². The minimum atomic E-state index is -0.0705. The summed E-state index contributed by atoms with van der Waals surface area (Å²) in [5.41, 5.74) is 1.04. The van der Waals surface area contributed by atoms with E-state index in [0.717, 1.165) is 35.5 Å². The third kappa shape index (κ3) is 5.20. The molecule has 1 unspecified atom stereocenters. The van der Waals surface area contributed by atoms with Crippen LogP contribution >= 0.6 is 23.1 Å². The number of ether oxygens (including phenoxy) is 1. The number of carbonyl (C=O) groups is 1. The Bertz CT molecular complexity index is 801. The highest BCUT2D eigenvalue weighted by molar-refractivity contribution is 8.15. The Morgan fingerprint density at radius 3 is 2.74 bits per heavy atom. The van der Waals surface area contributed by atoms with E-state index in [1.54, 1.807) is 29.6 Å². The average Bonchev–Trinajstić information content (AvgIpc) is 3.31. The van der Waals surface area contributed by atoms with Crippen molar-refractivity contribution in [2.45, 2.75) is 38.0 Å². The summed E-state index contributed by atoms with van der Waals surface area (Å²) in [6.07, 6.45) is 4.71. The van der Waals surface area contributed by atoms with E-state index in [-0.39, 0.29) is 11.2 Å². The van der Waals surface area contributed by atoms with E-state index in [1.807, 2.05) is 41.8 Å². The van der Waals surface area contributed by atoms with Crippen LogP contribution in [0.3, 0.4) is 0 Å². The highest BCUT2D eigenvalue weighted by Crippen LogP contribution is 2.32. The van der Waals surface area contributed by atoms with Gasteiger partial charge in [-0.1, -0.05) is 49.7 Å². The van der Waals surface area contributed by atoms with Gasteiger partial charge in [0.25, 0.3) is 0 Å². The van der Waals surface area contributed by atoms with Crippen molar-refractivity contribution in [1.29, 1.82) is 0 Å². The van der Waals surface area contributed by atoms with Crippen LogP contribution in [0, 0.1) is 0 Å². The van der Waals surface area contributed by atoms with Crippen LogP contribution in [0.25, 0.3) is 0 Å². The predicted molar refractivity (Wildman–Crippen MR) is 114 cm³/mol. The number of thioether (sulfide) groups is 1. The normalized spacial score (nSPS) is 18.7. The van der Waals surface area contributed by atoms with Crippen LogP contribution in [0.4, 0.5) is 0 Å². The monoisotopic (exact) mass is 401 g/mol. The molecule has 1 atom stereocenters. The van der Waals surface area contributed by atoms with Crippen molar-refractivity contribution in [1.82, 2.24) is 4.90 Å². The van der Waals surface area contributed by atoms with Gasteiger partial charge in [0.15, 0.2) is 5.17 Å². The van der Waals surface area contributed by atoms with Gasteiger partial charge < -0.3 is 4.74 Å². The molecule has 1 aliphatic heterocycles. The number of thiophene rings is 1. The summed E-state index contributed by atoms with van der Waals surface area (Å²) in [5, 5.41) is 11.2. The first-order valence-electron chi connectivity index (χ1n) is 8.96. The number of benzene rings is 1. The van der Waals surface area contributed by atoms with Gasteiger partial charge in [-0.25, -0.2) is 0 Å². The number of methoxy groups -OCH3 is 1. The lowest BCUT2D eigenvalue weighted by atomic mass is 10.1. The molecule has 1 aromatic heterocycles. The highest BCUT2D eigenvalue weighted by atomic mass is 32.2. The fourth-order valence-electron chi connectivity index (χ4n) is 2.72. The van der Waals surface area contributed by atoms with E-state index in [1.165, 1.54) is 11.8 Å². The molecule has 27 heavy (non-hydrogen) atoms. The summed E-state index contributed by atoms with van der Waals surface area (Å²) in [4.78, 5) is 15.7. The molecule has 5 nitrogen and oxygen atoms in total. The lowest BCUT2D eigenvalue weighted by molar-refractivity contribution is -0.126. The SMILES string of the molecule is CCCCC1SC(=NN=Cc2cccs2)N(Cc2ccc(OC)cc2)C1=O. The third-order valence-electron chi connectivity index (χ3n) is 4.21. The molecule has 142 valence electrons. The van der Waals surface area contributed by atoms with E-state index in [2.05, 4.69) is 17.1 Å². The maximum atomic E-state index is 12.9. The van der Waals surface area contributed by atoms with Gasteiger partial charge in [0.1, 0.15) is 5.75 Å². The lowest BCUT2D eigenvalue weighted by Crippen LogP contribution is -2.31. The Balaban J connectivity index is 1.77. The second-order valence-corrected chi connectivity index (χ2v) is 8.31. The number of hydrogen-bond donors (Lipinski definition) is 0. The van der Waals surface area contributed by atoms with Crippen LogP contribution in [0.2, 0.25) is 0 Å². The maximum absolute atomic E-state index is 12.9. The molecule has 3 rings (SSSR count). The molecule has 2 heterocycles. The summed E-state index contributed by atoms with van der Waals surface area (Å²) in [6, 6.07) is 11.7. The first kappa shape index (κ1) is 19.6. The number of nitrogens with zero attached hydrogens (tertiary/aromatic N) is 3. The van der Waals surface area contributed by atoms with Crippen molar-refractivity contribution in [3.63, 3.8) is 0 Å². The van der Waals surface area contributed by atoms with Crippen LogP contribution in [-0.4, -0.2) is 34.5 Å². The Morgan fingerprint density at radius 2 is 2.07 bits per heavy atom. The van der Waals surface area contributed by atoms with E-state index in [9.17, 15) is 4.79 Å². The van der Waals surface area contributed by atoms with Gasteiger partial charge in [-0.3, -0.25) is 9.69 Å². The summed E-state index contributed by atoms with van der Waals surface area (Å²) < 4.78 is 5.20. The van der Waals surface area contributed by atoms with Crippen LogP contribution in [-0.2, 0) is 11.3 Å². The topological polar surface area (TPSA) is 54.3 Å². The number of hydrogen-bond acceptors (Lipinski definition) is 6. The summed E-state index contributed by atoms with van der Waals surface area (Å²) in [7, 11) is 1.64. The number of rotatable bonds is 8. The van der Waals surface area contributed by atoms with Crippen molar-refractivity contribution in [3.8, 4) is 5.75 Å². The highest BCUT2D eigenvalue weighted by Gasteiger charge is 2.37. The van der Waals surface area contributed by atoms with E-state index in [0.29, 0.717) is 11.7 Å². The van der Waals surface area contributed by atoms with Crippen LogP contribution in [0.1, 0.15) is 36.6 Å². The minimum Gasteiger partial charge on any atom is -0.497 e. The first-order valence-corrected chi connectivity index (χ1v) is 10.7. The standard InChI is InChI=1S/C20H23N3O2S2/c1-3-4-7-18-19(24)23(14-15-8-10-16(25-2)11-9-15)20(27-18)22-21-13-17-6-5-12-26-17/h5-6,8-13,18H,3-4,7,14H2,1-2H3. The van der Waals surface area contributed by atoms with E-state index < -0.39 is 0 Å². The predicted octanol–water partition coefficient (Wildman–Crippen LogP) is 4.78. The quantitative estimate of drug-likeness (QED) is 0.472. The molecule has 1 amide bonds. The van der Waals surface area contributed by atoms with Crippen molar-refractivity contribution in [2.75, 3.05) is 7.11 Å². The summed E-state index contributed by atoms with van der Waals surface area (Å²) in [6.45, 7) is 2.63. The minimum absolute atomic E-state index is 0.0705. The van der Waals surface area contributed by atoms with Gasteiger partial charge in [-0.2, -0.15) is 5.10 Å². The molecule has 0 bridgehead atoms. The molecule has 7 heteroatoms. The zero-order valence-electron chi connectivity index (χ0n) is 15.5. The van der Waals surface area contributed by atoms with Crippen molar-refractivity contribution in [3.05, 3.63) is 52.2 Å². The molecule has 0 spiro atoms. The average molecular weight is 402 g/mol. The molecular formula is C20H23N3O2S2. The fraction of sp³-hybridized carbons (Fsp3) is 0.350. The molecule has 1 fully saturated rings. The molecular weight excluding hydrogens is 378 g/mol. The van der Waals surface area contributed by atoms with E-state index >= 15 is 0 Å². The molecule has 0 aliphatic carbocycles. The largest absolute Gasteiger partial charge is 0.497 e. The fourth-order valence-corrected chi connectivity index (χ4v) is 4.44. The van der Waals surface area contributed by atoms with Gasteiger partial charge in [0, 0.05) is 4.88 Å². The number of unbranched alkanes of at least 4 members (excludes halogenated alkanes) is 1. The number of amidine groups is 1. The van der Waals surface area contributed by atoms with Crippen molar-refractivity contribution in [2.24, 2.45) is 10.2 Å². The molecule has 2 aromatic rings. The number of carbonyl (C=O) groups excluding carboxylic acids is 1. The molecule has 0 radical (unpaired) electrons. The third-order valence-corrected chi connectivity index (χ3v) is 6.25.